The fourth-order valence-corrected chi connectivity index (χ4v) is 4.41. The molecule has 116 valence electrons. The number of rotatable bonds is 3. The summed E-state index contributed by atoms with van der Waals surface area (Å²) in [7, 11) is 0. The first kappa shape index (κ1) is 15.0. The Hall–Kier alpha value is -0.910. The number of ether oxygens (including phenoxy) is 1. The van der Waals surface area contributed by atoms with E-state index in [2.05, 4.69) is 41.2 Å². The SMILES string of the molecule is C[C@@H]1CN(CC(=O)N2CCC[C@@H]2c2cccs2)C[C@H](C)O1. The molecule has 3 heterocycles. The monoisotopic (exact) mass is 308 g/mol. The zero-order valence-corrected chi connectivity index (χ0v) is 13.6. The van der Waals surface area contributed by atoms with Crippen LogP contribution in [0.25, 0.3) is 0 Å². The fraction of sp³-hybridized carbons (Fsp3) is 0.688. The number of carbonyl (C=O) groups excluding carboxylic acids is 1. The third kappa shape index (κ3) is 3.47. The highest BCUT2D eigenvalue weighted by Gasteiger charge is 2.32. The number of carbonyl (C=O) groups is 1. The van der Waals surface area contributed by atoms with E-state index in [0.29, 0.717) is 12.6 Å². The van der Waals surface area contributed by atoms with Crippen LogP contribution in [-0.4, -0.2) is 54.1 Å². The van der Waals surface area contributed by atoms with E-state index in [1.54, 1.807) is 11.3 Å². The number of thiophene rings is 1. The Kier molecular flexibility index (Phi) is 4.62. The van der Waals surface area contributed by atoms with Crippen molar-refractivity contribution >= 4 is 17.2 Å². The van der Waals surface area contributed by atoms with E-state index in [9.17, 15) is 4.79 Å². The normalized spacial score (nSPS) is 30.8. The molecular formula is C16H24N2O2S. The van der Waals surface area contributed by atoms with Crippen LogP contribution in [0, 0.1) is 0 Å². The minimum Gasteiger partial charge on any atom is -0.373 e. The number of morpholine rings is 1. The molecule has 2 aliphatic heterocycles. The van der Waals surface area contributed by atoms with Crippen LogP contribution in [0.5, 0.6) is 0 Å². The summed E-state index contributed by atoms with van der Waals surface area (Å²) in [6, 6.07) is 4.53. The summed E-state index contributed by atoms with van der Waals surface area (Å²) in [5, 5.41) is 2.10. The molecule has 1 aromatic rings. The minimum absolute atomic E-state index is 0.216. The van der Waals surface area contributed by atoms with Crippen LogP contribution in [0.4, 0.5) is 0 Å². The third-order valence-corrected chi connectivity index (χ3v) is 5.27. The molecule has 1 amide bonds. The summed E-state index contributed by atoms with van der Waals surface area (Å²) >= 11 is 1.76. The maximum atomic E-state index is 12.7. The van der Waals surface area contributed by atoms with Crippen molar-refractivity contribution in [1.82, 2.24) is 9.80 Å². The van der Waals surface area contributed by atoms with Gasteiger partial charge < -0.3 is 9.64 Å². The maximum absolute atomic E-state index is 12.7. The van der Waals surface area contributed by atoms with Crippen molar-refractivity contribution in [2.45, 2.75) is 44.9 Å². The van der Waals surface area contributed by atoms with Crippen molar-refractivity contribution in [3.05, 3.63) is 22.4 Å². The van der Waals surface area contributed by atoms with Crippen LogP contribution >= 0.6 is 11.3 Å². The Morgan fingerprint density at radius 1 is 1.38 bits per heavy atom. The molecule has 0 aliphatic carbocycles. The molecule has 3 atom stereocenters. The van der Waals surface area contributed by atoms with Crippen LogP contribution in [0.2, 0.25) is 0 Å². The number of likely N-dealkylation sites (tertiary alicyclic amines) is 1. The van der Waals surface area contributed by atoms with Crippen LogP contribution in [0.15, 0.2) is 17.5 Å². The highest BCUT2D eigenvalue weighted by Crippen LogP contribution is 2.34. The Balaban J connectivity index is 1.62. The molecule has 4 nitrogen and oxygen atoms in total. The van der Waals surface area contributed by atoms with Crippen molar-refractivity contribution in [1.29, 1.82) is 0 Å². The third-order valence-electron chi connectivity index (χ3n) is 4.30. The van der Waals surface area contributed by atoms with Gasteiger partial charge in [0.25, 0.3) is 0 Å². The lowest BCUT2D eigenvalue weighted by atomic mass is 10.2. The molecule has 0 N–H and O–H groups in total. The molecule has 1 aromatic heterocycles. The van der Waals surface area contributed by atoms with E-state index in [0.717, 1.165) is 32.5 Å². The van der Waals surface area contributed by atoms with Crippen LogP contribution in [0.1, 0.15) is 37.6 Å². The highest BCUT2D eigenvalue weighted by molar-refractivity contribution is 7.10. The minimum atomic E-state index is 0.216. The van der Waals surface area contributed by atoms with E-state index in [4.69, 9.17) is 4.74 Å². The molecule has 0 radical (unpaired) electrons. The average molecular weight is 308 g/mol. The van der Waals surface area contributed by atoms with Crippen molar-refractivity contribution in [3.8, 4) is 0 Å². The Morgan fingerprint density at radius 3 is 2.81 bits per heavy atom. The first-order chi connectivity index (χ1) is 10.1. The molecule has 3 rings (SSSR count). The Morgan fingerprint density at radius 2 is 2.14 bits per heavy atom. The van der Waals surface area contributed by atoms with E-state index in [1.807, 2.05) is 0 Å². The summed E-state index contributed by atoms with van der Waals surface area (Å²) in [6.07, 6.45) is 2.65. The highest BCUT2D eigenvalue weighted by atomic mass is 32.1. The van der Waals surface area contributed by atoms with Gasteiger partial charge in [0.15, 0.2) is 0 Å². The van der Waals surface area contributed by atoms with Gasteiger partial charge in [0.05, 0.1) is 24.8 Å². The van der Waals surface area contributed by atoms with Gasteiger partial charge in [-0.05, 0) is 38.1 Å². The molecule has 0 bridgehead atoms. The lowest BCUT2D eigenvalue weighted by Crippen LogP contribution is -2.49. The summed E-state index contributed by atoms with van der Waals surface area (Å²) in [4.78, 5) is 18.3. The number of hydrogen-bond donors (Lipinski definition) is 0. The first-order valence-corrected chi connectivity index (χ1v) is 8.72. The van der Waals surface area contributed by atoms with Gasteiger partial charge in [0.1, 0.15) is 0 Å². The summed E-state index contributed by atoms with van der Waals surface area (Å²) in [5.74, 6) is 0.271. The van der Waals surface area contributed by atoms with Gasteiger partial charge in [-0.15, -0.1) is 11.3 Å². The van der Waals surface area contributed by atoms with Gasteiger partial charge in [0.2, 0.25) is 5.91 Å². The van der Waals surface area contributed by atoms with Gasteiger partial charge in [-0.1, -0.05) is 6.07 Å². The van der Waals surface area contributed by atoms with Gasteiger partial charge in [-0.3, -0.25) is 9.69 Å². The van der Waals surface area contributed by atoms with Gasteiger partial charge >= 0.3 is 0 Å². The lowest BCUT2D eigenvalue weighted by Gasteiger charge is -2.36. The number of amides is 1. The molecule has 2 saturated heterocycles. The predicted octanol–water partition coefficient (Wildman–Crippen LogP) is 2.52. The van der Waals surface area contributed by atoms with E-state index in [-0.39, 0.29) is 18.1 Å². The van der Waals surface area contributed by atoms with Crippen molar-refractivity contribution in [2.75, 3.05) is 26.2 Å². The maximum Gasteiger partial charge on any atom is 0.237 e. The summed E-state index contributed by atoms with van der Waals surface area (Å²) in [6.45, 7) is 7.30. The van der Waals surface area contributed by atoms with Gasteiger partial charge in [-0.2, -0.15) is 0 Å². The van der Waals surface area contributed by atoms with Crippen molar-refractivity contribution in [2.24, 2.45) is 0 Å². The van der Waals surface area contributed by atoms with Crippen LogP contribution in [-0.2, 0) is 9.53 Å². The molecule has 5 heteroatoms. The zero-order valence-electron chi connectivity index (χ0n) is 12.8. The molecule has 0 aromatic carbocycles. The second-order valence-corrected chi connectivity index (χ2v) is 7.19. The second kappa shape index (κ2) is 6.46. The van der Waals surface area contributed by atoms with Crippen LogP contribution in [0.3, 0.4) is 0 Å². The largest absolute Gasteiger partial charge is 0.373 e. The molecular weight excluding hydrogens is 284 g/mol. The van der Waals surface area contributed by atoms with Crippen molar-refractivity contribution < 1.29 is 9.53 Å². The molecule has 0 spiro atoms. The Labute approximate surface area is 130 Å². The molecule has 21 heavy (non-hydrogen) atoms. The predicted molar refractivity (Wildman–Crippen MR) is 84.5 cm³/mol. The zero-order chi connectivity index (χ0) is 14.8. The second-order valence-electron chi connectivity index (χ2n) is 6.21. The van der Waals surface area contributed by atoms with Crippen molar-refractivity contribution in [3.63, 3.8) is 0 Å². The standard InChI is InChI=1S/C16H24N2O2S/c1-12-9-17(10-13(2)20-12)11-16(19)18-7-3-5-14(18)15-6-4-8-21-15/h4,6,8,12-14H,3,5,7,9-11H2,1-2H3/t12-,13+,14-/m1/s1. The molecule has 0 saturated carbocycles. The van der Waals surface area contributed by atoms with E-state index >= 15 is 0 Å². The quantitative estimate of drug-likeness (QED) is 0.860. The smallest absolute Gasteiger partial charge is 0.237 e. The van der Waals surface area contributed by atoms with Gasteiger partial charge in [-0.25, -0.2) is 0 Å². The topological polar surface area (TPSA) is 32.8 Å². The fourth-order valence-electron chi connectivity index (χ4n) is 3.54. The van der Waals surface area contributed by atoms with E-state index in [1.165, 1.54) is 4.88 Å². The molecule has 0 unspecified atom stereocenters. The van der Waals surface area contributed by atoms with Gasteiger partial charge in [0, 0.05) is 24.5 Å². The summed E-state index contributed by atoms with van der Waals surface area (Å²) in [5.41, 5.74) is 0. The Bertz CT molecular complexity index is 467. The van der Waals surface area contributed by atoms with Crippen LogP contribution < -0.4 is 0 Å². The summed E-state index contributed by atoms with van der Waals surface area (Å²) < 4.78 is 5.74. The average Bonchev–Trinajstić information content (AvgIpc) is 3.08. The number of hydrogen-bond acceptors (Lipinski definition) is 4. The van der Waals surface area contributed by atoms with E-state index < -0.39 is 0 Å². The lowest BCUT2D eigenvalue weighted by molar-refractivity contribution is -0.136. The first-order valence-electron chi connectivity index (χ1n) is 7.84. The number of nitrogens with zero attached hydrogens (tertiary/aromatic N) is 2. The molecule has 2 fully saturated rings. The molecule has 2 aliphatic rings.